The number of alkyl halides is 1. The third-order valence-corrected chi connectivity index (χ3v) is 2.77. The second kappa shape index (κ2) is 5.09. The van der Waals surface area contributed by atoms with E-state index >= 15 is 0 Å². The fourth-order valence-electron chi connectivity index (χ4n) is 1.72. The molecular weight excluding hydrogens is 218 g/mol. The maximum atomic E-state index is 14.0. The molecule has 88 valence electrons. The molecule has 0 amide bonds. The lowest BCUT2D eigenvalue weighted by molar-refractivity contribution is 0.342. The molecule has 0 aliphatic rings. The van der Waals surface area contributed by atoms with Crippen molar-refractivity contribution in [1.29, 1.82) is 0 Å². The predicted octanol–water partition coefficient (Wildman–Crippen LogP) is 4.39. The lowest BCUT2D eigenvalue weighted by Gasteiger charge is -2.09. The van der Waals surface area contributed by atoms with E-state index in [1.165, 1.54) is 12.1 Å². The van der Waals surface area contributed by atoms with Crippen molar-refractivity contribution in [3.63, 3.8) is 0 Å². The Morgan fingerprint density at radius 1 is 0.941 bits per heavy atom. The number of hydrogen-bond acceptors (Lipinski definition) is 0. The third kappa shape index (κ3) is 3.13. The number of halogens is 2. The normalized spacial score (nSPS) is 12.4. The number of aryl methyl sites for hydroxylation is 1. The van der Waals surface area contributed by atoms with Crippen molar-refractivity contribution in [2.45, 2.75) is 19.5 Å². The molecule has 1 unspecified atom stereocenters. The maximum absolute atomic E-state index is 14.0. The molecule has 0 saturated heterocycles. The second-order valence-electron chi connectivity index (χ2n) is 4.21. The summed E-state index contributed by atoms with van der Waals surface area (Å²) in [7, 11) is 0. The first-order chi connectivity index (χ1) is 8.15. The van der Waals surface area contributed by atoms with Gasteiger partial charge in [0.2, 0.25) is 0 Å². The molecule has 2 aromatic rings. The zero-order chi connectivity index (χ0) is 12.3. The Morgan fingerprint density at radius 2 is 1.53 bits per heavy atom. The molecule has 0 aliphatic heterocycles. The molecule has 2 heteroatoms. The summed E-state index contributed by atoms with van der Waals surface area (Å²) in [5.41, 5.74) is 2.59. The highest BCUT2D eigenvalue weighted by molar-refractivity contribution is 5.25. The largest absolute Gasteiger partial charge is 0.242 e. The van der Waals surface area contributed by atoms with E-state index in [9.17, 15) is 8.78 Å². The molecule has 0 aliphatic carbocycles. The summed E-state index contributed by atoms with van der Waals surface area (Å²) in [5.74, 6) is -0.292. The summed E-state index contributed by atoms with van der Waals surface area (Å²) in [5, 5.41) is 0. The predicted molar refractivity (Wildman–Crippen MR) is 65.1 cm³/mol. The van der Waals surface area contributed by atoms with Gasteiger partial charge in [-0.25, -0.2) is 8.78 Å². The van der Waals surface area contributed by atoms with Crippen LogP contribution >= 0.6 is 0 Å². The summed E-state index contributed by atoms with van der Waals surface area (Å²) in [6, 6.07) is 13.3. The molecule has 0 heterocycles. The first-order valence-corrected chi connectivity index (χ1v) is 5.60. The van der Waals surface area contributed by atoms with Gasteiger partial charge < -0.3 is 0 Å². The van der Waals surface area contributed by atoms with Gasteiger partial charge in [0, 0.05) is 6.42 Å². The molecule has 0 nitrogen and oxygen atoms in total. The molecule has 0 N–H and O–H groups in total. The minimum absolute atomic E-state index is 0.281. The summed E-state index contributed by atoms with van der Waals surface area (Å²) in [6.07, 6.45) is -0.760. The molecule has 17 heavy (non-hydrogen) atoms. The van der Waals surface area contributed by atoms with Crippen LogP contribution in [0, 0.1) is 12.7 Å². The minimum Gasteiger partial charge on any atom is -0.242 e. The molecule has 2 aromatic carbocycles. The van der Waals surface area contributed by atoms with Crippen LogP contribution in [0.1, 0.15) is 22.9 Å². The molecule has 1 atom stereocenters. The Bertz CT molecular complexity index is 471. The van der Waals surface area contributed by atoms with Crippen molar-refractivity contribution in [2.75, 3.05) is 0 Å². The zero-order valence-electron chi connectivity index (χ0n) is 9.66. The SMILES string of the molecule is Cc1ccc(C(F)Cc2ccc(F)cc2)cc1. The molecule has 0 saturated carbocycles. The quantitative estimate of drug-likeness (QED) is 0.736. The summed E-state index contributed by atoms with van der Waals surface area (Å²) in [6.45, 7) is 1.97. The van der Waals surface area contributed by atoms with E-state index < -0.39 is 6.17 Å². The van der Waals surface area contributed by atoms with Gasteiger partial charge in [-0.05, 0) is 30.2 Å². The van der Waals surface area contributed by atoms with Crippen LogP contribution in [0.25, 0.3) is 0 Å². The maximum Gasteiger partial charge on any atom is 0.129 e. The number of hydrogen-bond donors (Lipinski definition) is 0. The zero-order valence-corrected chi connectivity index (χ0v) is 9.66. The monoisotopic (exact) mass is 232 g/mol. The van der Waals surface area contributed by atoms with E-state index in [-0.39, 0.29) is 12.2 Å². The van der Waals surface area contributed by atoms with Crippen LogP contribution in [0.5, 0.6) is 0 Å². The molecule has 0 spiro atoms. The Hall–Kier alpha value is -1.70. The van der Waals surface area contributed by atoms with E-state index in [0.29, 0.717) is 5.56 Å². The standard InChI is InChI=1S/C15H14F2/c1-11-2-6-13(7-3-11)15(17)10-12-4-8-14(16)9-5-12/h2-9,15H,10H2,1H3. The number of benzene rings is 2. The highest BCUT2D eigenvalue weighted by atomic mass is 19.1. The molecular formula is C15H14F2. The smallest absolute Gasteiger partial charge is 0.129 e. The van der Waals surface area contributed by atoms with Gasteiger partial charge in [0.25, 0.3) is 0 Å². The summed E-state index contributed by atoms with van der Waals surface area (Å²) in [4.78, 5) is 0. The summed E-state index contributed by atoms with van der Waals surface area (Å²) < 4.78 is 26.7. The van der Waals surface area contributed by atoms with Crippen LogP contribution in [0.3, 0.4) is 0 Å². The van der Waals surface area contributed by atoms with Crippen molar-refractivity contribution in [2.24, 2.45) is 0 Å². The van der Waals surface area contributed by atoms with Crippen LogP contribution in [-0.4, -0.2) is 0 Å². The Balaban J connectivity index is 2.08. The fourth-order valence-corrected chi connectivity index (χ4v) is 1.72. The Labute approximate surface area is 99.9 Å². The Kier molecular flexibility index (Phi) is 3.52. The van der Waals surface area contributed by atoms with Gasteiger partial charge in [-0.1, -0.05) is 42.0 Å². The molecule has 0 fully saturated rings. The highest BCUT2D eigenvalue weighted by Crippen LogP contribution is 2.22. The lowest BCUT2D eigenvalue weighted by Crippen LogP contribution is -1.97. The first kappa shape index (κ1) is 11.8. The van der Waals surface area contributed by atoms with Gasteiger partial charge in [-0.3, -0.25) is 0 Å². The Morgan fingerprint density at radius 3 is 2.12 bits per heavy atom. The topological polar surface area (TPSA) is 0 Å². The van der Waals surface area contributed by atoms with E-state index in [4.69, 9.17) is 0 Å². The van der Waals surface area contributed by atoms with Crippen LogP contribution in [0.2, 0.25) is 0 Å². The average Bonchev–Trinajstić information content (AvgIpc) is 2.33. The van der Waals surface area contributed by atoms with E-state index in [2.05, 4.69) is 0 Å². The van der Waals surface area contributed by atoms with Gasteiger partial charge >= 0.3 is 0 Å². The van der Waals surface area contributed by atoms with Crippen molar-refractivity contribution >= 4 is 0 Å². The van der Waals surface area contributed by atoms with E-state index in [1.54, 1.807) is 24.3 Å². The lowest BCUT2D eigenvalue weighted by atomic mass is 10.0. The van der Waals surface area contributed by atoms with Gasteiger partial charge in [0.15, 0.2) is 0 Å². The number of rotatable bonds is 3. The van der Waals surface area contributed by atoms with Gasteiger partial charge in [0.1, 0.15) is 12.0 Å². The van der Waals surface area contributed by atoms with Crippen molar-refractivity contribution in [3.05, 3.63) is 71.0 Å². The van der Waals surface area contributed by atoms with Crippen LogP contribution in [0.15, 0.2) is 48.5 Å². The average molecular weight is 232 g/mol. The first-order valence-electron chi connectivity index (χ1n) is 5.60. The van der Waals surface area contributed by atoms with Gasteiger partial charge in [-0.2, -0.15) is 0 Å². The highest BCUT2D eigenvalue weighted by Gasteiger charge is 2.10. The second-order valence-corrected chi connectivity index (χ2v) is 4.21. The van der Waals surface area contributed by atoms with Gasteiger partial charge in [0.05, 0.1) is 0 Å². The van der Waals surface area contributed by atoms with Crippen molar-refractivity contribution in [3.8, 4) is 0 Å². The molecule has 0 bridgehead atoms. The minimum atomic E-state index is -1.04. The third-order valence-electron chi connectivity index (χ3n) is 2.77. The molecule has 0 aromatic heterocycles. The van der Waals surface area contributed by atoms with E-state index in [1.807, 2.05) is 19.1 Å². The fraction of sp³-hybridized carbons (Fsp3) is 0.200. The van der Waals surface area contributed by atoms with Gasteiger partial charge in [-0.15, -0.1) is 0 Å². The van der Waals surface area contributed by atoms with Crippen molar-refractivity contribution < 1.29 is 8.78 Å². The van der Waals surface area contributed by atoms with Crippen LogP contribution < -0.4 is 0 Å². The molecule has 0 radical (unpaired) electrons. The van der Waals surface area contributed by atoms with Crippen molar-refractivity contribution in [1.82, 2.24) is 0 Å². The van der Waals surface area contributed by atoms with Crippen LogP contribution in [-0.2, 0) is 6.42 Å². The summed E-state index contributed by atoms with van der Waals surface area (Å²) >= 11 is 0. The van der Waals surface area contributed by atoms with Crippen LogP contribution in [0.4, 0.5) is 8.78 Å². The van der Waals surface area contributed by atoms with E-state index in [0.717, 1.165) is 11.1 Å². The molecule has 2 rings (SSSR count).